The number of benzene rings is 1. The molecule has 2 aliphatic heterocycles. The van der Waals surface area contributed by atoms with Gasteiger partial charge in [-0.15, -0.1) is 13.2 Å². The summed E-state index contributed by atoms with van der Waals surface area (Å²) in [5, 5.41) is 8.41. The number of allylic oxidation sites excluding steroid dienone is 1. The van der Waals surface area contributed by atoms with Gasteiger partial charge in [-0.25, -0.2) is 0 Å². The number of ether oxygens (including phenoxy) is 2. The molecule has 2 saturated heterocycles. The Morgan fingerprint density at radius 3 is 1.94 bits per heavy atom. The Labute approximate surface area is 214 Å². The lowest BCUT2D eigenvalue weighted by Crippen LogP contribution is -2.50. The summed E-state index contributed by atoms with van der Waals surface area (Å²) in [6, 6.07) is 5.67. The zero-order chi connectivity index (χ0) is 26.4. The third-order valence-electron chi connectivity index (χ3n) is 6.29. The second-order valence-corrected chi connectivity index (χ2v) is 9.33. The van der Waals surface area contributed by atoms with E-state index in [1.165, 1.54) is 30.5 Å². The van der Waals surface area contributed by atoms with E-state index >= 15 is 0 Å². The number of nitrogens with one attached hydrogen (secondary N) is 1. The van der Waals surface area contributed by atoms with Crippen molar-refractivity contribution < 1.29 is 22.6 Å². The molecule has 1 N–H and O–H groups in total. The number of hydrogen-bond donors (Lipinski definition) is 1. The van der Waals surface area contributed by atoms with Crippen LogP contribution in [-0.2, 0) is 4.74 Å². The molecule has 0 spiro atoms. The van der Waals surface area contributed by atoms with Crippen LogP contribution in [0.3, 0.4) is 0 Å². The molecule has 0 bridgehead atoms. The number of morpholine rings is 1. The standard InChI is InChI=1S/C19H36N4O.C8H7F3O/c1-3-5-18(6-4-2)17-19(20)23-11-9-21(10-12-23)7-8-22-13-15-24-16-14-22;1-6-2-4-7(5-3-6)12-8(9,10)11/h17,20H,3-16H2,1-2H3;2-5H,1H3. The minimum Gasteiger partial charge on any atom is -0.406 e. The summed E-state index contributed by atoms with van der Waals surface area (Å²) in [4.78, 5) is 7.29. The molecule has 0 aliphatic carbocycles. The molecule has 0 radical (unpaired) electrons. The minimum atomic E-state index is -4.60. The number of nitrogens with zero attached hydrogens (tertiary/aromatic N) is 3. The fourth-order valence-electron chi connectivity index (χ4n) is 4.26. The molecule has 204 valence electrons. The van der Waals surface area contributed by atoms with Crippen LogP contribution in [0.5, 0.6) is 5.75 Å². The molecule has 2 aliphatic rings. The highest BCUT2D eigenvalue weighted by Gasteiger charge is 2.30. The van der Waals surface area contributed by atoms with Crippen molar-refractivity contribution >= 4 is 5.84 Å². The molecule has 6 nitrogen and oxygen atoms in total. The molecular formula is C27H43F3N4O2. The quantitative estimate of drug-likeness (QED) is 0.358. The summed E-state index contributed by atoms with van der Waals surface area (Å²) < 4.78 is 43.9. The van der Waals surface area contributed by atoms with Crippen molar-refractivity contribution in [3.63, 3.8) is 0 Å². The fraction of sp³-hybridized carbons (Fsp3) is 0.667. The number of alkyl halides is 3. The van der Waals surface area contributed by atoms with E-state index in [9.17, 15) is 13.2 Å². The van der Waals surface area contributed by atoms with Gasteiger partial charge in [0.15, 0.2) is 0 Å². The Hall–Kier alpha value is -2.10. The predicted molar refractivity (Wildman–Crippen MR) is 139 cm³/mol. The number of halogens is 3. The van der Waals surface area contributed by atoms with E-state index in [4.69, 9.17) is 10.1 Å². The minimum absolute atomic E-state index is 0.187. The zero-order valence-electron chi connectivity index (χ0n) is 22.1. The third-order valence-corrected chi connectivity index (χ3v) is 6.29. The van der Waals surface area contributed by atoms with Crippen molar-refractivity contribution in [3.8, 4) is 5.75 Å². The molecule has 0 atom stereocenters. The number of hydrogen-bond acceptors (Lipinski definition) is 5. The van der Waals surface area contributed by atoms with E-state index in [0.717, 1.165) is 89.8 Å². The summed E-state index contributed by atoms with van der Waals surface area (Å²) in [7, 11) is 0. The van der Waals surface area contributed by atoms with E-state index < -0.39 is 6.36 Å². The summed E-state index contributed by atoms with van der Waals surface area (Å²) in [6.07, 6.45) is 2.15. The number of amidine groups is 1. The van der Waals surface area contributed by atoms with Crippen LogP contribution in [-0.4, -0.2) is 92.5 Å². The number of piperazine rings is 1. The van der Waals surface area contributed by atoms with Gasteiger partial charge in [0.25, 0.3) is 0 Å². The van der Waals surface area contributed by atoms with Gasteiger partial charge >= 0.3 is 6.36 Å². The molecule has 0 amide bonds. The molecule has 1 aromatic carbocycles. The first kappa shape index (κ1) is 30.1. The van der Waals surface area contributed by atoms with Crippen molar-refractivity contribution in [2.75, 3.05) is 65.6 Å². The molecule has 1 aromatic rings. The van der Waals surface area contributed by atoms with E-state index in [1.54, 1.807) is 19.1 Å². The first-order chi connectivity index (χ1) is 17.2. The topological polar surface area (TPSA) is 52.0 Å². The van der Waals surface area contributed by atoms with Crippen LogP contribution in [0.15, 0.2) is 35.9 Å². The maximum Gasteiger partial charge on any atom is 0.573 e. The second-order valence-electron chi connectivity index (χ2n) is 9.33. The van der Waals surface area contributed by atoms with Gasteiger partial charge in [0.2, 0.25) is 0 Å². The molecule has 2 heterocycles. The summed E-state index contributed by atoms with van der Waals surface area (Å²) in [5.41, 5.74) is 2.34. The van der Waals surface area contributed by atoms with Crippen molar-refractivity contribution in [1.29, 1.82) is 5.41 Å². The number of aryl methyl sites for hydroxylation is 1. The molecule has 3 rings (SSSR count). The van der Waals surface area contributed by atoms with Gasteiger partial charge in [0.1, 0.15) is 11.6 Å². The first-order valence-corrected chi connectivity index (χ1v) is 13.1. The van der Waals surface area contributed by atoms with Crippen LogP contribution in [0.25, 0.3) is 0 Å². The normalized spacial score (nSPS) is 17.2. The van der Waals surface area contributed by atoms with E-state index in [1.807, 2.05) is 0 Å². The lowest BCUT2D eigenvalue weighted by Gasteiger charge is -2.37. The smallest absolute Gasteiger partial charge is 0.406 e. The highest BCUT2D eigenvalue weighted by Crippen LogP contribution is 2.22. The largest absolute Gasteiger partial charge is 0.573 e. The lowest BCUT2D eigenvalue weighted by atomic mass is 10.0. The van der Waals surface area contributed by atoms with E-state index in [-0.39, 0.29) is 5.75 Å². The van der Waals surface area contributed by atoms with Gasteiger partial charge in [-0.3, -0.25) is 15.2 Å². The van der Waals surface area contributed by atoms with E-state index in [0.29, 0.717) is 0 Å². The molecule has 9 heteroatoms. The van der Waals surface area contributed by atoms with Gasteiger partial charge < -0.3 is 14.4 Å². The molecule has 0 saturated carbocycles. The van der Waals surface area contributed by atoms with Crippen LogP contribution in [0.1, 0.15) is 45.1 Å². The Kier molecular flexibility index (Phi) is 13.3. The maximum atomic E-state index is 11.6. The first-order valence-electron chi connectivity index (χ1n) is 13.1. The number of rotatable bonds is 9. The van der Waals surface area contributed by atoms with Gasteiger partial charge in [0, 0.05) is 52.4 Å². The Bertz CT molecular complexity index is 777. The SMILES string of the molecule is CCCC(=CC(=N)N1CCN(CCN2CCOCC2)CC1)CCC.Cc1ccc(OC(F)(F)F)cc1. The van der Waals surface area contributed by atoms with Gasteiger partial charge in [-0.2, -0.15) is 0 Å². The highest BCUT2D eigenvalue weighted by atomic mass is 19.4. The van der Waals surface area contributed by atoms with Crippen LogP contribution < -0.4 is 4.74 Å². The molecule has 2 fully saturated rings. The van der Waals surface area contributed by atoms with Crippen LogP contribution in [0.4, 0.5) is 13.2 Å². The van der Waals surface area contributed by atoms with Crippen molar-refractivity contribution in [2.24, 2.45) is 0 Å². The summed E-state index contributed by atoms with van der Waals surface area (Å²) >= 11 is 0. The lowest BCUT2D eigenvalue weighted by molar-refractivity contribution is -0.274. The Morgan fingerprint density at radius 2 is 1.44 bits per heavy atom. The summed E-state index contributed by atoms with van der Waals surface area (Å²) in [6.45, 7) is 16.6. The molecule has 36 heavy (non-hydrogen) atoms. The third kappa shape index (κ3) is 12.2. The van der Waals surface area contributed by atoms with Crippen molar-refractivity contribution in [2.45, 2.75) is 52.8 Å². The summed E-state index contributed by atoms with van der Waals surface area (Å²) in [5.74, 6) is 0.535. The molecular weight excluding hydrogens is 469 g/mol. The highest BCUT2D eigenvalue weighted by molar-refractivity contribution is 5.91. The van der Waals surface area contributed by atoms with Gasteiger partial charge in [-0.05, 0) is 38.0 Å². The monoisotopic (exact) mass is 512 g/mol. The van der Waals surface area contributed by atoms with Crippen molar-refractivity contribution in [1.82, 2.24) is 14.7 Å². The molecule has 0 unspecified atom stereocenters. The van der Waals surface area contributed by atoms with Crippen LogP contribution in [0.2, 0.25) is 0 Å². The zero-order valence-corrected chi connectivity index (χ0v) is 22.1. The van der Waals surface area contributed by atoms with Crippen molar-refractivity contribution in [3.05, 3.63) is 41.5 Å². The second kappa shape index (κ2) is 15.9. The predicted octanol–water partition coefficient (Wildman–Crippen LogP) is 5.33. The fourth-order valence-corrected chi connectivity index (χ4v) is 4.26. The average molecular weight is 513 g/mol. The van der Waals surface area contributed by atoms with Crippen LogP contribution >= 0.6 is 0 Å². The van der Waals surface area contributed by atoms with Gasteiger partial charge in [-0.1, -0.05) is 50.0 Å². The van der Waals surface area contributed by atoms with Crippen LogP contribution in [0, 0.1) is 12.3 Å². The Balaban J connectivity index is 0.000000319. The molecule has 0 aromatic heterocycles. The Morgan fingerprint density at radius 1 is 0.917 bits per heavy atom. The average Bonchev–Trinajstić information content (AvgIpc) is 2.85. The maximum absolute atomic E-state index is 11.6. The van der Waals surface area contributed by atoms with Gasteiger partial charge in [0.05, 0.1) is 13.2 Å². The van der Waals surface area contributed by atoms with E-state index in [2.05, 4.69) is 39.4 Å².